The second-order valence-corrected chi connectivity index (χ2v) is 14.7. The molecule has 0 bridgehead atoms. The van der Waals surface area contributed by atoms with Gasteiger partial charge < -0.3 is 14.0 Å². The van der Waals surface area contributed by atoms with E-state index in [0.717, 1.165) is 61.8 Å². The molecule has 1 N–H and O–H groups in total. The van der Waals surface area contributed by atoms with Crippen molar-refractivity contribution in [2.45, 2.75) is 63.5 Å². The number of carbonyl (C=O) groups is 2. The third-order valence-electron chi connectivity index (χ3n) is 9.94. The van der Waals surface area contributed by atoms with Crippen molar-refractivity contribution < 1.29 is 27.5 Å². The molecule has 2 heterocycles. The Morgan fingerprint density at radius 2 is 1.80 bits per heavy atom. The highest BCUT2D eigenvalue weighted by molar-refractivity contribution is 7.87. The van der Waals surface area contributed by atoms with Gasteiger partial charge in [0.05, 0.1) is 24.1 Å². The van der Waals surface area contributed by atoms with Crippen LogP contribution in [0.2, 0.25) is 0 Å². The van der Waals surface area contributed by atoms with E-state index in [1.54, 1.807) is 0 Å². The molecule has 3 aromatic rings. The van der Waals surface area contributed by atoms with Crippen molar-refractivity contribution in [1.82, 2.24) is 13.6 Å². The predicted molar refractivity (Wildman–Crippen MR) is 175 cm³/mol. The number of hydrogen-bond donors (Lipinski definition) is 1. The van der Waals surface area contributed by atoms with Crippen molar-refractivity contribution in [2.24, 2.45) is 5.92 Å². The summed E-state index contributed by atoms with van der Waals surface area (Å²) >= 11 is 0. The Labute approximate surface area is 269 Å². The van der Waals surface area contributed by atoms with Gasteiger partial charge in [0, 0.05) is 37.6 Å². The lowest BCUT2D eigenvalue weighted by molar-refractivity contribution is -0.146. The number of amides is 1. The zero-order chi connectivity index (χ0) is 32.2. The lowest BCUT2D eigenvalue weighted by atomic mass is 9.76. The van der Waals surface area contributed by atoms with Crippen LogP contribution in [-0.4, -0.2) is 50.4 Å². The Morgan fingerprint density at radius 1 is 1.04 bits per heavy atom. The first-order chi connectivity index (χ1) is 22.2. The highest BCUT2D eigenvalue weighted by atomic mass is 32.2. The van der Waals surface area contributed by atoms with Crippen LogP contribution in [0, 0.1) is 5.92 Å². The monoisotopic (exact) mass is 641 g/mol. The van der Waals surface area contributed by atoms with Gasteiger partial charge in [-0.15, -0.1) is 0 Å². The van der Waals surface area contributed by atoms with E-state index in [2.05, 4.69) is 27.5 Å². The fourth-order valence-electron chi connectivity index (χ4n) is 7.59. The Bertz CT molecular complexity index is 1930. The van der Waals surface area contributed by atoms with Gasteiger partial charge in [-0.2, -0.15) is 12.7 Å². The first-order valence-corrected chi connectivity index (χ1v) is 17.4. The number of aromatic nitrogens is 1. The number of nitrogens with zero attached hydrogens (tertiary/aromatic N) is 2. The van der Waals surface area contributed by atoms with Crippen LogP contribution in [0.4, 0.5) is 0 Å². The molecule has 0 saturated heterocycles. The molecule has 2 atom stereocenters. The van der Waals surface area contributed by atoms with Crippen molar-refractivity contribution in [3.63, 3.8) is 0 Å². The summed E-state index contributed by atoms with van der Waals surface area (Å²) in [5.41, 5.74) is 7.12. The Morgan fingerprint density at radius 3 is 2.52 bits per heavy atom. The minimum atomic E-state index is -3.99. The molecule has 0 spiro atoms. The number of allylic oxidation sites excluding steroid dienone is 4. The second kappa shape index (κ2) is 11.9. The summed E-state index contributed by atoms with van der Waals surface area (Å²) in [7, 11) is 0.171. The fourth-order valence-corrected chi connectivity index (χ4v) is 8.11. The molecule has 1 fully saturated rings. The van der Waals surface area contributed by atoms with E-state index in [1.807, 2.05) is 42.5 Å². The fraction of sp³-hybridized carbons (Fsp3) is 0.389. The van der Waals surface area contributed by atoms with Gasteiger partial charge in [0.2, 0.25) is 0 Å². The summed E-state index contributed by atoms with van der Waals surface area (Å²) in [6.07, 6.45) is 10.2. The number of hydrogen-bond acceptors (Lipinski definition) is 6. The van der Waals surface area contributed by atoms with E-state index < -0.39 is 22.0 Å². The Kier molecular flexibility index (Phi) is 7.89. The zero-order valence-corrected chi connectivity index (χ0v) is 27.2. The minimum absolute atomic E-state index is 0.317. The van der Waals surface area contributed by atoms with E-state index in [9.17, 15) is 18.0 Å². The molecule has 4 aliphatic rings. The highest BCUT2D eigenvalue weighted by Crippen LogP contribution is 2.55. The molecule has 1 aromatic heterocycles. The molecule has 1 amide bonds. The number of methoxy groups -OCH3 is 1. The van der Waals surface area contributed by atoms with Crippen LogP contribution < -0.4 is 9.46 Å². The summed E-state index contributed by atoms with van der Waals surface area (Å²) < 4.78 is 42.5. The van der Waals surface area contributed by atoms with Crippen molar-refractivity contribution >= 4 is 33.0 Å². The molecule has 2 aromatic carbocycles. The molecular weight excluding hydrogens is 602 g/mol. The zero-order valence-electron chi connectivity index (χ0n) is 26.4. The molecule has 7 rings (SSSR count). The van der Waals surface area contributed by atoms with Gasteiger partial charge in [0.1, 0.15) is 12.4 Å². The van der Waals surface area contributed by atoms with Crippen molar-refractivity contribution in [2.75, 3.05) is 21.2 Å². The van der Waals surface area contributed by atoms with Gasteiger partial charge >= 0.3 is 16.2 Å². The largest absolute Gasteiger partial charge is 0.488 e. The van der Waals surface area contributed by atoms with E-state index >= 15 is 0 Å². The smallest absolute Gasteiger partial charge is 0.309 e. The maximum Gasteiger partial charge on any atom is 0.309 e. The van der Waals surface area contributed by atoms with E-state index in [0.29, 0.717) is 31.1 Å². The third-order valence-corrected chi connectivity index (χ3v) is 11.3. The van der Waals surface area contributed by atoms with Gasteiger partial charge in [-0.1, -0.05) is 67.8 Å². The molecule has 9 nitrogen and oxygen atoms in total. The number of esters is 1. The van der Waals surface area contributed by atoms with Crippen molar-refractivity contribution in [3.8, 4) is 5.75 Å². The molecule has 10 heteroatoms. The van der Waals surface area contributed by atoms with E-state index in [4.69, 9.17) is 9.47 Å². The van der Waals surface area contributed by atoms with Crippen LogP contribution >= 0.6 is 0 Å². The molecule has 240 valence electrons. The summed E-state index contributed by atoms with van der Waals surface area (Å²) in [5.74, 6) is -0.695. The third kappa shape index (κ3) is 5.27. The summed E-state index contributed by atoms with van der Waals surface area (Å²) in [6, 6.07) is 16.5. The number of nitrogens with one attached hydrogen (secondary N) is 1. The standard InChI is InChI=1S/C36H39N3O6S/c1-38(2)46(42,43)37-35(40)33-28-20-39-29(31-25(32(28)33)15-10-16-26(31)36(41)44-3)19-27-30(45-21-22-11-6-4-7-12-22)18-17-24(34(27)39)23-13-8-5-9-14-23/h4,6-7,10-12,15,17-19,23,26,31H,5,8-9,13-14,16,20-21H2,1-3H3,(H,37,40)/t26-,31?/m1/s1. The molecule has 1 aliphatic heterocycles. The van der Waals surface area contributed by atoms with Crippen LogP contribution in [0.25, 0.3) is 10.9 Å². The molecule has 0 radical (unpaired) electrons. The number of benzene rings is 2. The maximum absolute atomic E-state index is 13.5. The number of ether oxygens (including phenoxy) is 2. The quantitative estimate of drug-likeness (QED) is 0.319. The highest BCUT2D eigenvalue weighted by Gasteiger charge is 2.47. The van der Waals surface area contributed by atoms with Gasteiger partial charge in [-0.25, -0.2) is 4.72 Å². The number of carbonyl (C=O) groups excluding carboxylic acids is 2. The normalized spacial score (nSPS) is 21.0. The SMILES string of the molecule is COC(=O)[C@@H]1CC=CC2=C3C(=C3C(=O)NS(=O)(=O)N(C)C)Cn3c(cc4c(OCc5ccccc5)ccc(C5CCCCC5)c43)C21. The van der Waals surface area contributed by atoms with Gasteiger partial charge in [-0.3, -0.25) is 9.59 Å². The van der Waals surface area contributed by atoms with E-state index in [-0.39, 0.29) is 11.9 Å². The van der Waals surface area contributed by atoms with Crippen LogP contribution in [0.3, 0.4) is 0 Å². The summed E-state index contributed by atoms with van der Waals surface area (Å²) in [6.45, 7) is 0.809. The van der Waals surface area contributed by atoms with Crippen LogP contribution in [-0.2, 0) is 37.7 Å². The maximum atomic E-state index is 13.5. The average molecular weight is 642 g/mol. The van der Waals surface area contributed by atoms with E-state index in [1.165, 1.54) is 46.0 Å². The summed E-state index contributed by atoms with van der Waals surface area (Å²) in [4.78, 5) is 26.8. The minimum Gasteiger partial charge on any atom is -0.488 e. The van der Waals surface area contributed by atoms with Crippen LogP contribution in [0.1, 0.15) is 67.2 Å². The predicted octanol–water partition coefficient (Wildman–Crippen LogP) is 5.64. The molecule has 1 unspecified atom stereocenters. The van der Waals surface area contributed by atoms with Crippen LogP contribution in [0.15, 0.2) is 83.0 Å². The number of fused-ring (bicyclic) bond motifs is 6. The van der Waals surface area contributed by atoms with Crippen molar-refractivity contribution in [3.05, 3.63) is 99.8 Å². The molecule has 46 heavy (non-hydrogen) atoms. The summed E-state index contributed by atoms with van der Waals surface area (Å²) in [5, 5.41) is 0.984. The Hall–Kier alpha value is -4.15. The van der Waals surface area contributed by atoms with Gasteiger partial charge in [-0.05, 0) is 65.2 Å². The van der Waals surface area contributed by atoms with Gasteiger partial charge in [0.15, 0.2) is 0 Å². The topological polar surface area (TPSA) is 107 Å². The lowest BCUT2D eigenvalue weighted by Gasteiger charge is -2.29. The van der Waals surface area contributed by atoms with Gasteiger partial charge in [0.25, 0.3) is 5.91 Å². The second-order valence-electron chi connectivity index (χ2n) is 12.8. The average Bonchev–Trinajstić information content (AvgIpc) is 3.70. The van der Waals surface area contributed by atoms with Crippen LogP contribution in [0.5, 0.6) is 5.75 Å². The lowest BCUT2D eigenvalue weighted by Crippen LogP contribution is -2.39. The molecule has 1 saturated carbocycles. The Balaban J connectivity index is 1.41. The number of rotatable bonds is 8. The molecular formula is C36H39N3O6S. The van der Waals surface area contributed by atoms with Crippen molar-refractivity contribution in [1.29, 1.82) is 0 Å². The molecule has 3 aliphatic carbocycles. The first kappa shape index (κ1) is 30.5. The first-order valence-electron chi connectivity index (χ1n) is 16.0.